The summed E-state index contributed by atoms with van der Waals surface area (Å²) in [4.78, 5) is 16.9. The Labute approximate surface area is 168 Å². The number of pyridine rings is 1. The van der Waals surface area contributed by atoms with Crippen LogP contribution in [0.25, 0.3) is 0 Å². The number of benzene rings is 1. The molecule has 2 aromatic rings. The van der Waals surface area contributed by atoms with E-state index in [-0.39, 0.29) is 29.8 Å². The molecule has 28 heavy (non-hydrogen) atoms. The fourth-order valence-electron chi connectivity index (χ4n) is 3.03. The van der Waals surface area contributed by atoms with E-state index in [2.05, 4.69) is 10.3 Å². The van der Waals surface area contributed by atoms with Crippen molar-refractivity contribution < 1.29 is 13.2 Å². The first-order valence-electron chi connectivity index (χ1n) is 8.75. The molecule has 3 rings (SSSR count). The van der Waals surface area contributed by atoms with E-state index in [1.54, 1.807) is 12.3 Å². The predicted molar refractivity (Wildman–Crippen MR) is 107 cm³/mol. The molecule has 1 amide bonds. The molecule has 9 heteroatoms. The summed E-state index contributed by atoms with van der Waals surface area (Å²) in [6.45, 7) is 0.564. The van der Waals surface area contributed by atoms with Crippen LogP contribution in [0.5, 0.6) is 0 Å². The maximum absolute atomic E-state index is 12.7. The SMILES string of the molecule is CSc1ccc(NC(=O)C2CCN(S(=O)(=O)c3ccc(C#N)cc3)CC2)cn1. The monoisotopic (exact) mass is 416 g/mol. The van der Waals surface area contributed by atoms with Crippen LogP contribution in [-0.4, -0.2) is 43.0 Å². The van der Waals surface area contributed by atoms with Gasteiger partial charge in [0.25, 0.3) is 0 Å². The van der Waals surface area contributed by atoms with Crippen molar-refractivity contribution >= 4 is 33.4 Å². The Bertz CT molecular complexity index is 975. The molecule has 1 aromatic carbocycles. The second kappa shape index (κ2) is 8.73. The van der Waals surface area contributed by atoms with Gasteiger partial charge in [-0.2, -0.15) is 9.57 Å². The number of rotatable bonds is 5. The van der Waals surface area contributed by atoms with Crippen LogP contribution < -0.4 is 5.32 Å². The fraction of sp³-hybridized carbons (Fsp3) is 0.316. The topological polar surface area (TPSA) is 103 Å². The summed E-state index contributed by atoms with van der Waals surface area (Å²) in [7, 11) is -3.62. The van der Waals surface area contributed by atoms with Crippen molar-refractivity contribution in [3.05, 3.63) is 48.2 Å². The molecule has 1 saturated heterocycles. The van der Waals surface area contributed by atoms with Crippen molar-refractivity contribution in [3.63, 3.8) is 0 Å². The minimum absolute atomic E-state index is 0.117. The van der Waals surface area contributed by atoms with Gasteiger partial charge in [0.15, 0.2) is 0 Å². The number of piperidine rings is 1. The zero-order valence-electron chi connectivity index (χ0n) is 15.3. The molecule has 0 spiro atoms. The third-order valence-electron chi connectivity index (χ3n) is 4.66. The van der Waals surface area contributed by atoms with Gasteiger partial charge in [-0.15, -0.1) is 11.8 Å². The van der Waals surface area contributed by atoms with Crippen LogP contribution in [0.15, 0.2) is 52.5 Å². The highest BCUT2D eigenvalue weighted by molar-refractivity contribution is 7.98. The zero-order chi connectivity index (χ0) is 20.1. The summed E-state index contributed by atoms with van der Waals surface area (Å²) >= 11 is 1.53. The smallest absolute Gasteiger partial charge is 0.243 e. The highest BCUT2D eigenvalue weighted by atomic mass is 32.2. The van der Waals surface area contributed by atoms with Crippen LogP contribution in [0, 0.1) is 17.2 Å². The largest absolute Gasteiger partial charge is 0.324 e. The normalized spacial score (nSPS) is 15.7. The number of nitrogens with zero attached hydrogens (tertiary/aromatic N) is 3. The van der Waals surface area contributed by atoms with Gasteiger partial charge in [0, 0.05) is 19.0 Å². The summed E-state index contributed by atoms with van der Waals surface area (Å²) in [6.07, 6.45) is 4.46. The van der Waals surface area contributed by atoms with Gasteiger partial charge in [-0.05, 0) is 55.5 Å². The Morgan fingerprint density at radius 1 is 1.21 bits per heavy atom. The molecule has 2 heterocycles. The summed E-state index contributed by atoms with van der Waals surface area (Å²) in [5.74, 6) is -0.359. The first-order chi connectivity index (χ1) is 13.4. The number of amides is 1. The van der Waals surface area contributed by atoms with E-state index in [0.29, 0.717) is 24.1 Å². The number of nitrogens with one attached hydrogen (secondary N) is 1. The lowest BCUT2D eigenvalue weighted by molar-refractivity contribution is -0.120. The minimum atomic E-state index is -3.62. The zero-order valence-corrected chi connectivity index (χ0v) is 17.0. The Morgan fingerprint density at radius 3 is 2.43 bits per heavy atom. The van der Waals surface area contributed by atoms with E-state index in [1.165, 1.54) is 40.3 Å². The van der Waals surface area contributed by atoms with E-state index in [1.807, 2.05) is 18.4 Å². The first kappa shape index (κ1) is 20.3. The molecular formula is C19H20N4O3S2. The van der Waals surface area contributed by atoms with Gasteiger partial charge in [0.05, 0.1) is 33.4 Å². The Hall–Kier alpha value is -2.41. The molecule has 1 fully saturated rings. The Balaban J connectivity index is 1.59. The third kappa shape index (κ3) is 4.52. The summed E-state index contributed by atoms with van der Waals surface area (Å²) in [6, 6.07) is 11.5. The number of carbonyl (C=O) groups is 1. The Morgan fingerprint density at radius 2 is 1.89 bits per heavy atom. The predicted octanol–water partition coefficient (Wildman–Crippen LogP) is 2.71. The van der Waals surface area contributed by atoms with Gasteiger partial charge in [0.2, 0.25) is 15.9 Å². The van der Waals surface area contributed by atoms with Crippen molar-refractivity contribution in [1.82, 2.24) is 9.29 Å². The molecule has 0 bridgehead atoms. The van der Waals surface area contributed by atoms with Crippen LogP contribution in [-0.2, 0) is 14.8 Å². The van der Waals surface area contributed by atoms with Crippen LogP contribution in [0.3, 0.4) is 0 Å². The van der Waals surface area contributed by atoms with Crippen molar-refractivity contribution in [2.24, 2.45) is 5.92 Å². The van der Waals surface area contributed by atoms with E-state index in [4.69, 9.17) is 5.26 Å². The van der Waals surface area contributed by atoms with Crippen LogP contribution in [0.4, 0.5) is 5.69 Å². The molecule has 0 saturated carbocycles. The number of thioether (sulfide) groups is 1. The number of nitriles is 1. The maximum Gasteiger partial charge on any atom is 0.243 e. The maximum atomic E-state index is 12.7. The molecule has 0 atom stereocenters. The second-order valence-electron chi connectivity index (χ2n) is 6.39. The summed E-state index contributed by atoms with van der Waals surface area (Å²) in [5.41, 5.74) is 1.05. The molecule has 1 aromatic heterocycles. The Kier molecular flexibility index (Phi) is 6.34. The van der Waals surface area contributed by atoms with Crippen molar-refractivity contribution in [2.75, 3.05) is 24.7 Å². The fourth-order valence-corrected chi connectivity index (χ4v) is 4.86. The first-order valence-corrected chi connectivity index (χ1v) is 11.4. The molecule has 0 radical (unpaired) electrons. The summed E-state index contributed by atoms with van der Waals surface area (Å²) < 4.78 is 26.9. The van der Waals surface area contributed by atoms with Crippen molar-refractivity contribution in [1.29, 1.82) is 5.26 Å². The molecule has 146 valence electrons. The molecular weight excluding hydrogens is 396 g/mol. The number of anilines is 1. The van der Waals surface area contributed by atoms with Gasteiger partial charge >= 0.3 is 0 Å². The van der Waals surface area contributed by atoms with Gasteiger partial charge in [-0.25, -0.2) is 13.4 Å². The van der Waals surface area contributed by atoms with Gasteiger partial charge in [0.1, 0.15) is 0 Å². The lowest BCUT2D eigenvalue weighted by atomic mass is 9.97. The van der Waals surface area contributed by atoms with Crippen LogP contribution in [0.1, 0.15) is 18.4 Å². The standard InChI is InChI=1S/C19H20N4O3S2/c1-27-18-7-4-16(13-21-18)22-19(24)15-8-10-23(11-9-15)28(25,26)17-5-2-14(12-20)3-6-17/h2-7,13,15H,8-11H2,1H3,(H,22,24). The van der Waals surface area contributed by atoms with E-state index < -0.39 is 10.0 Å². The number of carbonyl (C=O) groups excluding carboxylic acids is 1. The number of sulfonamides is 1. The molecule has 1 N–H and O–H groups in total. The molecule has 0 aliphatic carbocycles. The lowest BCUT2D eigenvalue weighted by Gasteiger charge is -2.30. The van der Waals surface area contributed by atoms with E-state index in [9.17, 15) is 13.2 Å². The lowest BCUT2D eigenvalue weighted by Crippen LogP contribution is -2.41. The highest BCUT2D eigenvalue weighted by Gasteiger charge is 2.32. The van der Waals surface area contributed by atoms with E-state index >= 15 is 0 Å². The number of hydrogen-bond acceptors (Lipinski definition) is 6. The van der Waals surface area contributed by atoms with Crippen LogP contribution >= 0.6 is 11.8 Å². The van der Waals surface area contributed by atoms with Gasteiger partial charge in [-0.1, -0.05) is 0 Å². The second-order valence-corrected chi connectivity index (χ2v) is 9.16. The molecule has 1 aliphatic rings. The molecule has 7 nitrogen and oxygen atoms in total. The summed E-state index contributed by atoms with van der Waals surface area (Å²) in [5, 5.41) is 12.6. The number of hydrogen-bond donors (Lipinski definition) is 1. The van der Waals surface area contributed by atoms with Crippen LogP contribution in [0.2, 0.25) is 0 Å². The van der Waals surface area contributed by atoms with Gasteiger partial charge < -0.3 is 5.32 Å². The van der Waals surface area contributed by atoms with Gasteiger partial charge in [-0.3, -0.25) is 4.79 Å². The van der Waals surface area contributed by atoms with Crippen molar-refractivity contribution in [2.45, 2.75) is 22.8 Å². The quantitative estimate of drug-likeness (QED) is 0.752. The minimum Gasteiger partial charge on any atom is -0.324 e. The highest BCUT2D eigenvalue weighted by Crippen LogP contribution is 2.25. The molecule has 1 aliphatic heterocycles. The number of aromatic nitrogens is 1. The average molecular weight is 417 g/mol. The van der Waals surface area contributed by atoms with Crippen molar-refractivity contribution in [3.8, 4) is 6.07 Å². The molecule has 0 unspecified atom stereocenters. The average Bonchev–Trinajstić information content (AvgIpc) is 2.74. The third-order valence-corrected chi connectivity index (χ3v) is 7.23. The van der Waals surface area contributed by atoms with E-state index in [0.717, 1.165) is 5.03 Å².